The van der Waals surface area contributed by atoms with E-state index in [1.54, 1.807) is 0 Å². The molecular weight excluding hydrogens is 743 g/mol. The van der Waals surface area contributed by atoms with Crippen LogP contribution in [0.5, 0.6) is 0 Å². The van der Waals surface area contributed by atoms with Crippen LogP contribution in [0, 0.1) is 0 Å². The van der Waals surface area contributed by atoms with Crippen LogP contribution in [0.15, 0.2) is 205 Å². The fraction of sp³-hybridized carbons (Fsp3) is 0. The highest BCUT2D eigenvalue weighted by atomic mass is 32.1. The number of hydrogen-bond donors (Lipinski definition) is 0. The fourth-order valence-electron chi connectivity index (χ4n) is 8.83. The van der Waals surface area contributed by atoms with Gasteiger partial charge in [-0.25, -0.2) is 0 Å². The quantitative estimate of drug-likeness (QED) is 0.167. The highest BCUT2D eigenvalue weighted by Crippen LogP contribution is 2.54. The Morgan fingerprint density at radius 2 is 1.02 bits per heavy atom. The molecule has 9 aromatic carbocycles. The molecule has 0 saturated carbocycles. The zero-order valence-corrected chi connectivity index (χ0v) is 32.9. The van der Waals surface area contributed by atoms with Crippen molar-refractivity contribution in [3.8, 4) is 33.4 Å². The van der Waals surface area contributed by atoms with Gasteiger partial charge in [-0.1, -0.05) is 146 Å². The Balaban J connectivity index is 1.24. The summed E-state index contributed by atoms with van der Waals surface area (Å²) in [5, 5.41) is 7.20. The van der Waals surface area contributed by atoms with Crippen LogP contribution in [0.4, 0.5) is 17.1 Å². The topological polar surface area (TPSA) is 16.4 Å². The SMILES string of the molecule is c1ccc(-c2ccc3c(c2)sc2c(-c4ccccc4)ccc(N(c4ccc5sc6ccccc6c5c4)c4c(-c5ccccc5)ccc5oc6ccccc6c45)c23)cc1. The zero-order chi connectivity index (χ0) is 38.2. The summed E-state index contributed by atoms with van der Waals surface area (Å²) in [6.45, 7) is 0. The first kappa shape index (κ1) is 33.2. The first-order valence-electron chi connectivity index (χ1n) is 19.6. The maximum absolute atomic E-state index is 6.67. The van der Waals surface area contributed by atoms with Crippen LogP contribution in [0.2, 0.25) is 0 Å². The van der Waals surface area contributed by atoms with E-state index in [0.29, 0.717) is 0 Å². The lowest BCUT2D eigenvalue weighted by Crippen LogP contribution is -2.12. The molecule has 3 aromatic heterocycles. The molecule has 3 heterocycles. The third-order valence-electron chi connectivity index (χ3n) is 11.5. The molecule has 0 aliphatic heterocycles. The number of para-hydroxylation sites is 1. The summed E-state index contributed by atoms with van der Waals surface area (Å²) in [6, 6.07) is 72.7. The maximum atomic E-state index is 6.67. The van der Waals surface area contributed by atoms with E-state index in [2.05, 4.69) is 205 Å². The summed E-state index contributed by atoms with van der Waals surface area (Å²) in [6.07, 6.45) is 0. The highest BCUT2D eigenvalue weighted by Gasteiger charge is 2.27. The first-order valence-corrected chi connectivity index (χ1v) is 21.2. The molecule has 272 valence electrons. The van der Waals surface area contributed by atoms with Crippen LogP contribution in [0.3, 0.4) is 0 Å². The molecule has 0 atom stereocenters. The summed E-state index contributed by atoms with van der Waals surface area (Å²) in [4.78, 5) is 2.53. The van der Waals surface area contributed by atoms with Gasteiger partial charge in [0.05, 0.1) is 16.8 Å². The monoisotopic (exact) mass is 775 g/mol. The van der Waals surface area contributed by atoms with Crippen molar-refractivity contribution in [3.05, 3.63) is 200 Å². The summed E-state index contributed by atoms with van der Waals surface area (Å²) in [5.41, 5.74) is 12.2. The molecule has 2 nitrogen and oxygen atoms in total. The molecule has 0 saturated heterocycles. The molecule has 0 aliphatic rings. The van der Waals surface area contributed by atoms with E-state index in [0.717, 1.165) is 50.1 Å². The maximum Gasteiger partial charge on any atom is 0.137 e. The van der Waals surface area contributed by atoms with E-state index >= 15 is 0 Å². The Hall–Kier alpha value is -6.98. The van der Waals surface area contributed by atoms with Crippen LogP contribution in [-0.4, -0.2) is 0 Å². The van der Waals surface area contributed by atoms with E-state index in [9.17, 15) is 0 Å². The van der Waals surface area contributed by atoms with Crippen LogP contribution >= 0.6 is 22.7 Å². The first-order chi connectivity index (χ1) is 28.8. The smallest absolute Gasteiger partial charge is 0.137 e. The third-order valence-corrected chi connectivity index (χ3v) is 13.8. The molecule has 0 amide bonds. The Morgan fingerprint density at radius 1 is 0.362 bits per heavy atom. The number of anilines is 3. The van der Waals surface area contributed by atoms with Gasteiger partial charge < -0.3 is 9.32 Å². The Labute approximate surface area is 343 Å². The Kier molecular flexibility index (Phi) is 7.62. The van der Waals surface area contributed by atoms with E-state index in [1.807, 2.05) is 22.7 Å². The van der Waals surface area contributed by atoms with Gasteiger partial charge in [-0.05, 0) is 82.4 Å². The predicted molar refractivity (Wildman–Crippen MR) is 250 cm³/mol. The molecule has 0 fully saturated rings. The molecule has 0 radical (unpaired) electrons. The standard InChI is InChI=1S/C54H33NOS2/c1-4-14-34(15-5-1)37-24-26-43-50(32-37)58-54-40(36-18-8-3-9-19-36)27-29-45(51(43)54)55(38-25-31-49-44(33-38)41-20-11-13-23-48(41)57-49)53-39(35-16-6-2-7-17-35)28-30-47-52(53)42-21-10-12-22-46(42)56-47/h1-33H. The van der Waals surface area contributed by atoms with Crippen molar-refractivity contribution in [2.24, 2.45) is 0 Å². The number of benzene rings is 9. The number of nitrogens with zero attached hydrogens (tertiary/aromatic N) is 1. The average molecular weight is 776 g/mol. The van der Waals surface area contributed by atoms with E-state index in [4.69, 9.17) is 4.42 Å². The molecule has 0 spiro atoms. The summed E-state index contributed by atoms with van der Waals surface area (Å²) < 4.78 is 11.8. The Morgan fingerprint density at radius 3 is 1.81 bits per heavy atom. The lowest BCUT2D eigenvalue weighted by atomic mass is 9.95. The van der Waals surface area contributed by atoms with Gasteiger partial charge in [0.2, 0.25) is 0 Å². The van der Waals surface area contributed by atoms with Crippen molar-refractivity contribution < 1.29 is 4.42 Å². The zero-order valence-electron chi connectivity index (χ0n) is 31.2. The van der Waals surface area contributed by atoms with Crippen molar-refractivity contribution in [3.63, 3.8) is 0 Å². The molecule has 0 aliphatic carbocycles. The minimum atomic E-state index is 0.864. The van der Waals surface area contributed by atoms with Crippen LogP contribution in [-0.2, 0) is 0 Å². The van der Waals surface area contributed by atoms with Crippen LogP contribution in [0.1, 0.15) is 0 Å². The molecule has 0 bridgehead atoms. The highest BCUT2D eigenvalue weighted by molar-refractivity contribution is 7.26. The van der Waals surface area contributed by atoms with Gasteiger partial charge in [0, 0.05) is 57.0 Å². The molecular formula is C54H33NOS2. The van der Waals surface area contributed by atoms with Gasteiger partial charge in [-0.15, -0.1) is 22.7 Å². The molecule has 0 N–H and O–H groups in total. The predicted octanol–water partition coefficient (Wildman–Crippen LogP) is 16.8. The van der Waals surface area contributed by atoms with Gasteiger partial charge >= 0.3 is 0 Å². The van der Waals surface area contributed by atoms with Crippen LogP contribution < -0.4 is 4.90 Å². The minimum Gasteiger partial charge on any atom is -0.456 e. The van der Waals surface area contributed by atoms with Gasteiger partial charge in [0.1, 0.15) is 11.2 Å². The van der Waals surface area contributed by atoms with E-state index in [-0.39, 0.29) is 0 Å². The van der Waals surface area contributed by atoms with Gasteiger partial charge in [-0.2, -0.15) is 0 Å². The van der Waals surface area contributed by atoms with Crippen molar-refractivity contribution in [2.45, 2.75) is 0 Å². The summed E-state index contributed by atoms with van der Waals surface area (Å²) >= 11 is 3.74. The molecule has 4 heteroatoms. The number of thiophene rings is 2. The molecule has 58 heavy (non-hydrogen) atoms. The molecule has 12 rings (SSSR count). The molecule has 0 unspecified atom stereocenters. The summed E-state index contributed by atoms with van der Waals surface area (Å²) in [7, 11) is 0. The van der Waals surface area contributed by atoms with Crippen LogP contribution in [0.25, 0.3) is 95.7 Å². The minimum absolute atomic E-state index is 0.864. The third kappa shape index (κ3) is 5.23. The number of rotatable bonds is 6. The largest absolute Gasteiger partial charge is 0.456 e. The van der Waals surface area contributed by atoms with Gasteiger partial charge in [0.25, 0.3) is 0 Å². The van der Waals surface area contributed by atoms with E-state index in [1.165, 1.54) is 62.6 Å². The average Bonchev–Trinajstić information content (AvgIpc) is 3.99. The van der Waals surface area contributed by atoms with Crippen molar-refractivity contribution in [1.29, 1.82) is 0 Å². The lowest BCUT2D eigenvalue weighted by molar-refractivity contribution is 0.669. The fourth-order valence-corrected chi connectivity index (χ4v) is 11.2. The van der Waals surface area contributed by atoms with E-state index < -0.39 is 0 Å². The number of furan rings is 1. The van der Waals surface area contributed by atoms with Crippen molar-refractivity contribution in [2.75, 3.05) is 4.90 Å². The number of fused-ring (bicyclic) bond motifs is 9. The summed E-state index contributed by atoms with van der Waals surface area (Å²) in [5.74, 6) is 0. The van der Waals surface area contributed by atoms with Crippen molar-refractivity contribution in [1.82, 2.24) is 0 Å². The van der Waals surface area contributed by atoms with Gasteiger partial charge in [0.15, 0.2) is 0 Å². The van der Waals surface area contributed by atoms with Gasteiger partial charge in [-0.3, -0.25) is 0 Å². The molecule has 12 aromatic rings. The lowest BCUT2D eigenvalue weighted by Gasteiger charge is -2.30. The second-order valence-electron chi connectivity index (χ2n) is 14.8. The van der Waals surface area contributed by atoms with Crippen molar-refractivity contribution >= 4 is 102 Å². The normalized spacial score (nSPS) is 11.8. The second-order valence-corrected chi connectivity index (χ2v) is 16.9. The number of hydrogen-bond acceptors (Lipinski definition) is 4. The second kappa shape index (κ2) is 13.3. The Bertz CT molecular complexity index is 3510.